The summed E-state index contributed by atoms with van der Waals surface area (Å²) in [6.07, 6.45) is 0. The molecule has 0 amide bonds. The predicted octanol–water partition coefficient (Wildman–Crippen LogP) is 4.32. The first kappa shape index (κ1) is 27.9. The monoisotopic (exact) mass is 476 g/mol. The van der Waals surface area contributed by atoms with Crippen molar-refractivity contribution in [1.29, 1.82) is 0 Å². The number of benzene rings is 3. The lowest BCUT2D eigenvalue weighted by atomic mass is 10.0. The number of rotatable bonds is 8. The first-order chi connectivity index (χ1) is 16.6. The minimum absolute atomic E-state index is 0.386. The number of nitrogens with zero attached hydrogens (tertiary/aromatic N) is 4. The van der Waals surface area contributed by atoms with Crippen LogP contribution >= 0.6 is 0 Å². The zero-order valence-corrected chi connectivity index (χ0v) is 21.9. The third-order valence-corrected chi connectivity index (χ3v) is 4.85. The van der Waals surface area contributed by atoms with Crippen LogP contribution in [0, 0.1) is 0 Å². The number of aliphatic imine (C=N–C) groups is 1. The lowest BCUT2D eigenvalue weighted by molar-refractivity contribution is 0.365. The highest BCUT2D eigenvalue weighted by Crippen LogP contribution is 2.27. The second-order valence-electron chi connectivity index (χ2n) is 9.30. The standard InChI is InChI=1S/C15H27N3O.C13H13N3/c1-16(2)9-12-7-13(10-17(3)4)15(19)14(8-12)11-18(5)6;14-13(15-11-7-3-1-4-8-11)16-12-9-5-2-6-10-12/h7-8,19H,9-11H2,1-6H3;1-10H,(H3,14,15,16). The fraction of sp³-hybridized carbons (Fsp3) is 0.321. The lowest BCUT2D eigenvalue weighted by Gasteiger charge is -2.19. The molecule has 0 aromatic heterocycles. The van der Waals surface area contributed by atoms with Gasteiger partial charge in [0, 0.05) is 36.4 Å². The molecule has 0 saturated carbocycles. The van der Waals surface area contributed by atoms with E-state index in [0.717, 1.165) is 42.1 Å². The van der Waals surface area contributed by atoms with Crippen molar-refractivity contribution in [2.75, 3.05) is 47.6 Å². The molecule has 0 atom stereocenters. The smallest absolute Gasteiger partial charge is 0.198 e. The average Bonchev–Trinajstić information content (AvgIpc) is 2.77. The van der Waals surface area contributed by atoms with Gasteiger partial charge in [0.25, 0.3) is 0 Å². The van der Waals surface area contributed by atoms with Crippen molar-refractivity contribution >= 4 is 17.3 Å². The third-order valence-electron chi connectivity index (χ3n) is 4.85. The Morgan fingerprint density at radius 3 is 1.66 bits per heavy atom. The zero-order chi connectivity index (χ0) is 25.8. The van der Waals surface area contributed by atoms with Gasteiger partial charge in [0.2, 0.25) is 0 Å². The second-order valence-corrected chi connectivity index (χ2v) is 9.30. The van der Waals surface area contributed by atoms with Crippen LogP contribution in [0.2, 0.25) is 0 Å². The molecule has 7 heteroatoms. The van der Waals surface area contributed by atoms with Gasteiger partial charge >= 0.3 is 0 Å². The normalized spacial score (nSPS) is 11.5. The number of hydrogen-bond acceptors (Lipinski definition) is 5. The number of phenols is 1. The Hall–Kier alpha value is -3.39. The van der Waals surface area contributed by atoms with Gasteiger partial charge in [-0.1, -0.05) is 36.4 Å². The Balaban J connectivity index is 0.000000250. The summed E-state index contributed by atoms with van der Waals surface area (Å²) in [5, 5.41) is 13.4. The molecule has 0 bridgehead atoms. The lowest BCUT2D eigenvalue weighted by Crippen LogP contribution is -2.21. The van der Waals surface area contributed by atoms with Crippen LogP contribution in [0.5, 0.6) is 5.75 Å². The molecule has 0 saturated heterocycles. The van der Waals surface area contributed by atoms with Crippen LogP contribution in [0.25, 0.3) is 0 Å². The maximum atomic E-state index is 10.4. The number of nitrogens with two attached hydrogens (primary N) is 1. The topological polar surface area (TPSA) is 80.4 Å². The molecule has 4 N–H and O–H groups in total. The highest BCUT2D eigenvalue weighted by molar-refractivity contribution is 5.93. The van der Waals surface area contributed by atoms with Crippen LogP contribution in [0.4, 0.5) is 11.4 Å². The molecule has 7 nitrogen and oxygen atoms in total. The fourth-order valence-corrected chi connectivity index (χ4v) is 3.55. The SMILES string of the molecule is CN(C)Cc1cc(CN(C)C)c(O)c(CN(C)C)c1.NC(=Nc1ccccc1)Nc1ccccc1. The van der Waals surface area contributed by atoms with Gasteiger partial charge in [-0.15, -0.1) is 0 Å². The van der Waals surface area contributed by atoms with Gasteiger partial charge in [0.1, 0.15) is 5.75 Å². The first-order valence-corrected chi connectivity index (χ1v) is 11.6. The van der Waals surface area contributed by atoms with Crippen molar-refractivity contribution in [3.8, 4) is 5.75 Å². The van der Waals surface area contributed by atoms with E-state index in [2.05, 4.69) is 51.2 Å². The maximum absolute atomic E-state index is 10.4. The van der Waals surface area contributed by atoms with Crippen molar-refractivity contribution in [3.63, 3.8) is 0 Å². The highest BCUT2D eigenvalue weighted by Gasteiger charge is 2.12. The summed E-state index contributed by atoms with van der Waals surface area (Å²) in [7, 11) is 12.2. The summed E-state index contributed by atoms with van der Waals surface area (Å²) in [6, 6.07) is 23.5. The molecular weight excluding hydrogens is 436 g/mol. The van der Waals surface area contributed by atoms with Crippen molar-refractivity contribution in [3.05, 3.63) is 89.5 Å². The maximum Gasteiger partial charge on any atom is 0.198 e. The molecule has 0 aliphatic rings. The molecule has 0 aliphatic carbocycles. The van der Waals surface area contributed by atoms with Gasteiger partial charge in [-0.2, -0.15) is 0 Å². The van der Waals surface area contributed by atoms with Crippen LogP contribution in [0.3, 0.4) is 0 Å². The minimum Gasteiger partial charge on any atom is -0.507 e. The Bertz CT molecular complexity index is 1020. The van der Waals surface area contributed by atoms with Gasteiger partial charge in [-0.25, -0.2) is 4.99 Å². The quantitative estimate of drug-likeness (QED) is 0.332. The van der Waals surface area contributed by atoms with Gasteiger partial charge in [0.15, 0.2) is 5.96 Å². The van der Waals surface area contributed by atoms with Crippen LogP contribution in [0.1, 0.15) is 16.7 Å². The summed E-state index contributed by atoms with van der Waals surface area (Å²) in [5.74, 6) is 0.822. The number of phenolic OH excluding ortho intramolecular Hbond substituents is 1. The number of anilines is 1. The summed E-state index contributed by atoms with van der Waals surface area (Å²) < 4.78 is 0. The molecule has 0 spiro atoms. The number of nitrogens with one attached hydrogen (secondary N) is 1. The van der Waals surface area contributed by atoms with Crippen LogP contribution in [-0.2, 0) is 19.6 Å². The Morgan fingerprint density at radius 2 is 1.20 bits per heavy atom. The van der Waals surface area contributed by atoms with Gasteiger partial charge < -0.3 is 30.9 Å². The van der Waals surface area contributed by atoms with Gasteiger partial charge in [-0.3, -0.25) is 0 Å². The summed E-state index contributed by atoms with van der Waals surface area (Å²) >= 11 is 0. The average molecular weight is 477 g/mol. The number of aromatic hydroxyl groups is 1. The molecule has 0 radical (unpaired) electrons. The fourth-order valence-electron chi connectivity index (χ4n) is 3.55. The van der Waals surface area contributed by atoms with E-state index in [0.29, 0.717) is 11.7 Å². The minimum atomic E-state index is 0.386. The number of guanidine groups is 1. The highest BCUT2D eigenvalue weighted by atomic mass is 16.3. The van der Waals surface area contributed by atoms with E-state index in [1.165, 1.54) is 5.56 Å². The Kier molecular flexibility index (Phi) is 11.2. The number of para-hydroxylation sites is 2. The number of hydrogen-bond donors (Lipinski definition) is 3. The van der Waals surface area contributed by atoms with E-state index in [1.807, 2.05) is 88.9 Å². The van der Waals surface area contributed by atoms with Crippen LogP contribution in [0.15, 0.2) is 77.8 Å². The summed E-state index contributed by atoms with van der Waals surface area (Å²) in [6.45, 7) is 2.40. The van der Waals surface area contributed by atoms with Gasteiger partial charge in [0.05, 0.1) is 5.69 Å². The van der Waals surface area contributed by atoms with Crippen molar-refractivity contribution < 1.29 is 5.11 Å². The molecule has 188 valence electrons. The molecule has 0 aliphatic heterocycles. The molecule has 0 heterocycles. The molecule has 3 aromatic rings. The summed E-state index contributed by atoms with van der Waals surface area (Å²) in [4.78, 5) is 10.5. The van der Waals surface area contributed by atoms with Gasteiger partial charge in [-0.05, 0) is 84.2 Å². The first-order valence-electron chi connectivity index (χ1n) is 11.6. The van der Waals surface area contributed by atoms with Crippen LogP contribution < -0.4 is 11.1 Å². The van der Waals surface area contributed by atoms with E-state index >= 15 is 0 Å². The molecule has 0 fully saturated rings. The summed E-state index contributed by atoms with van der Waals surface area (Å²) in [5.41, 5.74) is 10.8. The predicted molar refractivity (Wildman–Crippen MR) is 148 cm³/mol. The molecular formula is C28H40N6O. The van der Waals surface area contributed by atoms with Crippen LogP contribution in [-0.4, -0.2) is 68.1 Å². The molecule has 35 heavy (non-hydrogen) atoms. The van der Waals surface area contributed by atoms with E-state index in [9.17, 15) is 5.11 Å². The molecule has 0 unspecified atom stereocenters. The van der Waals surface area contributed by atoms with E-state index < -0.39 is 0 Å². The molecule has 3 aromatic carbocycles. The van der Waals surface area contributed by atoms with E-state index in [4.69, 9.17) is 5.73 Å². The van der Waals surface area contributed by atoms with Crippen molar-refractivity contribution in [2.45, 2.75) is 19.6 Å². The van der Waals surface area contributed by atoms with E-state index in [1.54, 1.807) is 0 Å². The molecule has 3 rings (SSSR count). The second kappa shape index (κ2) is 14.1. The zero-order valence-electron chi connectivity index (χ0n) is 21.9. The van der Waals surface area contributed by atoms with E-state index in [-0.39, 0.29) is 0 Å². The van der Waals surface area contributed by atoms with Crippen molar-refractivity contribution in [1.82, 2.24) is 14.7 Å². The Labute approximate surface area is 210 Å². The largest absolute Gasteiger partial charge is 0.507 e. The third kappa shape index (κ3) is 10.6. The van der Waals surface area contributed by atoms with Crippen molar-refractivity contribution in [2.24, 2.45) is 10.7 Å². The Morgan fingerprint density at radius 1 is 0.743 bits per heavy atom.